The van der Waals surface area contributed by atoms with Crippen molar-refractivity contribution in [3.63, 3.8) is 0 Å². The number of amides is 2. The Morgan fingerprint density at radius 1 is 1.00 bits per heavy atom. The summed E-state index contributed by atoms with van der Waals surface area (Å²) in [5.74, 6) is 0.0148. The minimum absolute atomic E-state index is 0. The Bertz CT molecular complexity index is 603. The Balaban J connectivity index is 0.00000280. The van der Waals surface area contributed by atoms with Gasteiger partial charge in [0.2, 0.25) is 11.8 Å². The molecule has 2 N–H and O–H groups in total. The SMILES string of the molecule is Cl.O=C(NCCNC1CCCCCC1)C(c1ccccc1)N1CCCCC1=O. The Kier molecular flexibility index (Phi) is 9.79. The smallest absolute Gasteiger partial charge is 0.247 e. The molecule has 1 heterocycles. The molecule has 0 bridgehead atoms. The predicted molar refractivity (Wildman–Crippen MR) is 114 cm³/mol. The first-order chi connectivity index (χ1) is 13.3. The highest BCUT2D eigenvalue weighted by Crippen LogP contribution is 2.25. The van der Waals surface area contributed by atoms with Gasteiger partial charge in [-0.3, -0.25) is 9.59 Å². The Morgan fingerprint density at radius 2 is 1.71 bits per heavy atom. The van der Waals surface area contributed by atoms with Crippen LogP contribution in [0.25, 0.3) is 0 Å². The standard InChI is InChI=1S/C22H33N3O2.ClH/c26-20-14-8-9-17-25(20)21(18-10-4-3-5-11-18)22(27)24-16-15-23-19-12-6-1-2-7-13-19;/h3-5,10-11,19,21,23H,1-2,6-9,12-17H2,(H,24,27);1H. The summed E-state index contributed by atoms with van der Waals surface area (Å²) in [6.45, 7) is 2.04. The van der Waals surface area contributed by atoms with Gasteiger partial charge < -0.3 is 15.5 Å². The minimum atomic E-state index is -0.517. The van der Waals surface area contributed by atoms with E-state index in [0.29, 0.717) is 25.6 Å². The fraction of sp³-hybridized carbons (Fsp3) is 0.636. The van der Waals surface area contributed by atoms with E-state index in [4.69, 9.17) is 0 Å². The van der Waals surface area contributed by atoms with Gasteiger partial charge in [-0.05, 0) is 31.2 Å². The van der Waals surface area contributed by atoms with E-state index in [1.54, 1.807) is 4.90 Å². The van der Waals surface area contributed by atoms with Crippen molar-refractivity contribution < 1.29 is 9.59 Å². The molecule has 1 saturated heterocycles. The molecule has 2 amide bonds. The lowest BCUT2D eigenvalue weighted by atomic mass is 10.0. The topological polar surface area (TPSA) is 61.4 Å². The van der Waals surface area contributed by atoms with E-state index in [0.717, 1.165) is 24.9 Å². The van der Waals surface area contributed by atoms with Gasteiger partial charge in [-0.25, -0.2) is 0 Å². The molecular formula is C22H34ClN3O2. The highest BCUT2D eigenvalue weighted by atomic mass is 35.5. The second-order valence-corrected chi connectivity index (χ2v) is 7.79. The Hall–Kier alpha value is -1.59. The fourth-order valence-electron chi connectivity index (χ4n) is 4.25. The van der Waals surface area contributed by atoms with Crippen LogP contribution in [-0.4, -0.2) is 42.4 Å². The van der Waals surface area contributed by atoms with E-state index in [-0.39, 0.29) is 24.2 Å². The highest BCUT2D eigenvalue weighted by molar-refractivity contribution is 5.89. The number of nitrogens with zero attached hydrogens (tertiary/aromatic N) is 1. The summed E-state index contributed by atoms with van der Waals surface area (Å²) >= 11 is 0. The summed E-state index contributed by atoms with van der Waals surface area (Å²) in [4.78, 5) is 27.1. The molecule has 28 heavy (non-hydrogen) atoms. The van der Waals surface area contributed by atoms with Crippen LogP contribution in [0.15, 0.2) is 30.3 Å². The molecule has 1 aliphatic heterocycles. The molecule has 1 atom stereocenters. The van der Waals surface area contributed by atoms with Gasteiger partial charge in [0.15, 0.2) is 0 Å². The first-order valence-electron chi connectivity index (χ1n) is 10.6. The lowest BCUT2D eigenvalue weighted by Crippen LogP contribution is -2.47. The van der Waals surface area contributed by atoms with Crippen molar-refractivity contribution in [1.29, 1.82) is 0 Å². The lowest BCUT2D eigenvalue weighted by molar-refractivity contribution is -0.142. The second-order valence-electron chi connectivity index (χ2n) is 7.79. The number of hydrogen-bond donors (Lipinski definition) is 2. The molecule has 2 aliphatic rings. The summed E-state index contributed by atoms with van der Waals surface area (Å²) in [5, 5.41) is 6.65. The Morgan fingerprint density at radius 3 is 2.39 bits per heavy atom. The van der Waals surface area contributed by atoms with Crippen molar-refractivity contribution in [3.05, 3.63) is 35.9 Å². The molecule has 0 radical (unpaired) electrons. The number of carbonyl (C=O) groups is 2. The van der Waals surface area contributed by atoms with Crippen LogP contribution < -0.4 is 10.6 Å². The molecular weight excluding hydrogens is 374 g/mol. The minimum Gasteiger partial charge on any atom is -0.353 e. The van der Waals surface area contributed by atoms with Crippen LogP contribution in [-0.2, 0) is 9.59 Å². The summed E-state index contributed by atoms with van der Waals surface area (Å²) in [5.41, 5.74) is 0.891. The van der Waals surface area contributed by atoms with Crippen molar-refractivity contribution in [1.82, 2.24) is 15.5 Å². The van der Waals surface area contributed by atoms with Crippen LogP contribution in [0.2, 0.25) is 0 Å². The van der Waals surface area contributed by atoms with Crippen LogP contribution in [0.1, 0.15) is 69.4 Å². The summed E-state index contributed by atoms with van der Waals surface area (Å²) in [6.07, 6.45) is 10.2. The van der Waals surface area contributed by atoms with Gasteiger partial charge in [0.1, 0.15) is 6.04 Å². The molecule has 1 unspecified atom stereocenters. The zero-order valence-electron chi connectivity index (χ0n) is 16.7. The average Bonchev–Trinajstić information content (AvgIpc) is 2.97. The van der Waals surface area contributed by atoms with E-state index < -0.39 is 6.04 Å². The normalized spacial score (nSPS) is 19.4. The van der Waals surface area contributed by atoms with Gasteiger partial charge in [0.25, 0.3) is 0 Å². The lowest BCUT2D eigenvalue weighted by Gasteiger charge is -2.34. The number of piperidine rings is 1. The first-order valence-corrected chi connectivity index (χ1v) is 10.6. The van der Waals surface area contributed by atoms with E-state index in [1.165, 1.54) is 38.5 Å². The average molecular weight is 408 g/mol. The van der Waals surface area contributed by atoms with Crippen LogP contribution in [0.3, 0.4) is 0 Å². The highest BCUT2D eigenvalue weighted by Gasteiger charge is 2.32. The predicted octanol–water partition coefficient (Wildman–Crippen LogP) is 3.59. The molecule has 6 heteroatoms. The third-order valence-corrected chi connectivity index (χ3v) is 5.75. The van der Waals surface area contributed by atoms with Crippen molar-refractivity contribution in [2.45, 2.75) is 69.9 Å². The molecule has 0 aromatic heterocycles. The third-order valence-electron chi connectivity index (χ3n) is 5.75. The molecule has 156 valence electrons. The molecule has 3 rings (SSSR count). The number of halogens is 1. The van der Waals surface area contributed by atoms with Crippen molar-refractivity contribution in [3.8, 4) is 0 Å². The maximum Gasteiger partial charge on any atom is 0.247 e. The monoisotopic (exact) mass is 407 g/mol. The van der Waals surface area contributed by atoms with Gasteiger partial charge in [-0.1, -0.05) is 56.0 Å². The molecule has 1 aromatic rings. The molecule has 2 fully saturated rings. The Labute approximate surface area is 175 Å². The largest absolute Gasteiger partial charge is 0.353 e. The van der Waals surface area contributed by atoms with Crippen molar-refractivity contribution >= 4 is 24.2 Å². The zero-order valence-corrected chi connectivity index (χ0v) is 17.5. The number of nitrogens with one attached hydrogen (secondary N) is 2. The molecule has 1 aliphatic carbocycles. The molecule has 0 spiro atoms. The van der Waals surface area contributed by atoms with Gasteiger partial charge in [0.05, 0.1) is 0 Å². The molecule has 5 nitrogen and oxygen atoms in total. The zero-order chi connectivity index (χ0) is 18.9. The van der Waals surface area contributed by atoms with Crippen molar-refractivity contribution in [2.24, 2.45) is 0 Å². The van der Waals surface area contributed by atoms with Gasteiger partial charge >= 0.3 is 0 Å². The fourth-order valence-corrected chi connectivity index (χ4v) is 4.25. The number of likely N-dealkylation sites (tertiary alicyclic amines) is 1. The van der Waals surface area contributed by atoms with Gasteiger partial charge in [-0.15, -0.1) is 12.4 Å². The van der Waals surface area contributed by atoms with Crippen LogP contribution in [0.4, 0.5) is 0 Å². The van der Waals surface area contributed by atoms with Crippen molar-refractivity contribution in [2.75, 3.05) is 19.6 Å². The van der Waals surface area contributed by atoms with Gasteiger partial charge in [-0.2, -0.15) is 0 Å². The maximum absolute atomic E-state index is 13.0. The van der Waals surface area contributed by atoms with E-state index in [1.807, 2.05) is 30.3 Å². The van der Waals surface area contributed by atoms with Crippen LogP contribution in [0.5, 0.6) is 0 Å². The summed E-state index contributed by atoms with van der Waals surface area (Å²) in [6, 6.07) is 9.74. The number of benzene rings is 1. The number of carbonyl (C=O) groups excluding carboxylic acids is 2. The number of hydrogen-bond acceptors (Lipinski definition) is 3. The second kappa shape index (κ2) is 12.1. The van der Waals surface area contributed by atoms with Crippen LogP contribution in [0, 0.1) is 0 Å². The van der Waals surface area contributed by atoms with E-state index in [2.05, 4.69) is 10.6 Å². The summed E-state index contributed by atoms with van der Waals surface area (Å²) < 4.78 is 0. The van der Waals surface area contributed by atoms with Gasteiger partial charge in [0, 0.05) is 32.1 Å². The maximum atomic E-state index is 13.0. The quantitative estimate of drug-likeness (QED) is 0.536. The number of rotatable bonds is 7. The first kappa shape index (κ1) is 22.7. The third kappa shape index (κ3) is 6.49. The van der Waals surface area contributed by atoms with Crippen LogP contribution >= 0.6 is 12.4 Å². The summed E-state index contributed by atoms with van der Waals surface area (Å²) in [7, 11) is 0. The molecule has 1 aromatic carbocycles. The molecule has 1 saturated carbocycles. The van der Waals surface area contributed by atoms with E-state index >= 15 is 0 Å². The van der Waals surface area contributed by atoms with E-state index in [9.17, 15) is 9.59 Å².